The van der Waals surface area contributed by atoms with Crippen LogP contribution in [0.15, 0.2) is 57.1 Å². The molecule has 0 spiro atoms. The Hall–Kier alpha value is -5.39. The van der Waals surface area contributed by atoms with Gasteiger partial charge in [0.05, 0.1) is 18.7 Å². The number of ether oxygens (including phenoxy) is 4. The molecule has 0 unspecified atom stereocenters. The van der Waals surface area contributed by atoms with Crippen LogP contribution in [-0.4, -0.2) is 70.6 Å². The van der Waals surface area contributed by atoms with Gasteiger partial charge >= 0.3 is 11.4 Å². The number of anilines is 2. The number of aromatic amines is 4. The van der Waals surface area contributed by atoms with Crippen molar-refractivity contribution in [1.82, 2.24) is 29.9 Å². The summed E-state index contributed by atoms with van der Waals surface area (Å²) in [6, 6.07) is 11.3. The van der Waals surface area contributed by atoms with Crippen molar-refractivity contribution in [3.05, 3.63) is 79.6 Å². The molecule has 0 radical (unpaired) electrons. The number of benzene rings is 2. The van der Waals surface area contributed by atoms with Crippen molar-refractivity contribution in [2.24, 2.45) is 0 Å². The van der Waals surface area contributed by atoms with Gasteiger partial charge in [-0.05, 0) is 24.3 Å². The van der Waals surface area contributed by atoms with Gasteiger partial charge in [0.15, 0.2) is 11.5 Å². The highest BCUT2D eigenvalue weighted by Crippen LogP contribution is 2.35. The molecular weight excluding hydrogens is 534 g/mol. The van der Waals surface area contributed by atoms with Gasteiger partial charge < -0.3 is 24.3 Å². The van der Waals surface area contributed by atoms with E-state index in [1.54, 1.807) is 14.2 Å². The summed E-state index contributed by atoms with van der Waals surface area (Å²) in [5, 5.41) is 4.10. The van der Waals surface area contributed by atoms with Crippen LogP contribution in [0.4, 0.5) is 11.5 Å². The predicted molar refractivity (Wildman–Crippen MR) is 152 cm³/mol. The minimum atomic E-state index is -0.650. The quantitative estimate of drug-likeness (QED) is 0.124. The van der Waals surface area contributed by atoms with E-state index in [1.807, 2.05) is 41.4 Å². The van der Waals surface area contributed by atoms with Gasteiger partial charge in [0.1, 0.15) is 36.5 Å². The standard InChI is InChI=1S/C22H23N3O4.C5H4N4O3/c1-4-16-6-5-7-17(12-16)25-22-18-13-20(28-10-8-26-2)21(29-11-9-27-3)14-19(18)23-15-24-22;10-3-1-2(7-4(11)6-1)8-5(12)9-3/h1,5-7,12-15H,8-11H2,2-3H3,(H,23,24,25);(H4,6,7,8,9,10,11,12). The Bertz CT molecular complexity index is 1850. The van der Waals surface area contributed by atoms with E-state index in [1.165, 1.54) is 6.33 Å². The predicted octanol–water partition coefficient (Wildman–Crippen LogP) is 1.64. The molecule has 41 heavy (non-hydrogen) atoms. The van der Waals surface area contributed by atoms with Gasteiger partial charge in [-0.25, -0.2) is 19.6 Å². The van der Waals surface area contributed by atoms with E-state index >= 15 is 0 Å². The van der Waals surface area contributed by atoms with Gasteiger partial charge in [-0.1, -0.05) is 12.0 Å². The van der Waals surface area contributed by atoms with E-state index in [-0.39, 0.29) is 11.2 Å². The van der Waals surface area contributed by atoms with E-state index in [0.29, 0.717) is 43.7 Å². The number of hydrogen-bond acceptors (Lipinski definition) is 10. The summed E-state index contributed by atoms with van der Waals surface area (Å²) < 4.78 is 21.8. The molecule has 0 saturated heterocycles. The minimum Gasteiger partial charge on any atom is -0.487 e. The number of H-pyrrole nitrogens is 4. The van der Waals surface area contributed by atoms with Crippen LogP contribution in [0.2, 0.25) is 0 Å². The van der Waals surface area contributed by atoms with E-state index in [9.17, 15) is 14.4 Å². The van der Waals surface area contributed by atoms with Crippen molar-refractivity contribution < 1.29 is 18.9 Å². The second-order valence-corrected chi connectivity index (χ2v) is 8.31. The number of aromatic nitrogens is 6. The van der Waals surface area contributed by atoms with Crippen molar-refractivity contribution >= 4 is 33.6 Å². The molecule has 0 fully saturated rings. The second kappa shape index (κ2) is 13.6. The Balaban J connectivity index is 0.000000267. The molecule has 5 aromatic rings. The van der Waals surface area contributed by atoms with Gasteiger partial charge in [-0.15, -0.1) is 6.42 Å². The van der Waals surface area contributed by atoms with Crippen molar-refractivity contribution in [3.8, 4) is 23.8 Å². The Kier molecular flexibility index (Phi) is 9.49. The molecule has 0 aliphatic carbocycles. The zero-order valence-corrected chi connectivity index (χ0v) is 22.2. The Labute approximate surface area is 232 Å². The Morgan fingerprint density at radius 2 is 1.54 bits per heavy atom. The lowest BCUT2D eigenvalue weighted by Crippen LogP contribution is -2.21. The van der Waals surface area contributed by atoms with Crippen LogP contribution in [0, 0.1) is 12.3 Å². The molecule has 212 valence electrons. The fourth-order valence-electron chi connectivity index (χ4n) is 3.64. The fraction of sp³-hybridized carbons (Fsp3) is 0.222. The first-order chi connectivity index (χ1) is 19.9. The molecule has 0 aliphatic rings. The maximum Gasteiger partial charge on any atom is 0.327 e. The molecule has 2 aromatic carbocycles. The second-order valence-electron chi connectivity index (χ2n) is 8.31. The molecule has 0 aliphatic heterocycles. The number of nitrogens with zero attached hydrogens (tertiary/aromatic N) is 2. The zero-order valence-electron chi connectivity index (χ0n) is 22.2. The number of methoxy groups -OCH3 is 2. The van der Waals surface area contributed by atoms with Crippen LogP contribution in [0.1, 0.15) is 5.56 Å². The lowest BCUT2D eigenvalue weighted by Gasteiger charge is -2.15. The first kappa shape index (κ1) is 28.6. The summed E-state index contributed by atoms with van der Waals surface area (Å²) in [6.07, 6.45) is 6.99. The maximum absolute atomic E-state index is 10.9. The topological polar surface area (TPSA) is 189 Å². The first-order valence-electron chi connectivity index (χ1n) is 12.2. The average molecular weight is 562 g/mol. The monoisotopic (exact) mass is 561 g/mol. The average Bonchev–Trinajstić information content (AvgIpc) is 3.34. The number of hydrogen-bond donors (Lipinski definition) is 5. The molecular formula is C27H27N7O7. The molecule has 0 amide bonds. The van der Waals surface area contributed by atoms with Gasteiger partial charge in [-0.2, -0.15) is 0 Å². The molecule has 3 aromatic heterocycles. The number of imidazole rings is 1. The van der Waals surface area contributed by atoms with Crippen molar-refractivity contribution in [1.29, 1.82) is 0 Å². The van der Waals surface area contributed by atoms with Crippen LogP contribution in [0.3, 0.4) is 0 Å². The lowest BCUT2D eigenvalue weighted by molar-refractivity contribution is 0.132. The number of terminal acetylenes is 1. The molecule has 0 atom stereocenters. The smallest absolute Gasteiger partial charge is 0.327 e. The lowest BCUT2D eigenvalue weighted by atomic mass is 10.2. The van der Waals surface area contributed by atoms with Crippen molar-refractivity contribution in [3.63, 3.8) is 0 Å². The van der Waals surface area contributed by atoms with Gasteiger partial charge in [0.2, 0.25) is 0 Å². The van der Waals surface area contributed by atoms with Gasteiger partial charge in [0, 0.05) is 36.9 Å². The molecule has 14 nitrogen and oxygen atoms in total. The first-order valence-corrected chi connectivity index (χ1v) is 12.2. The van der Waals surface area contributed by atoms with Crippen LogP contribution >= 0.6 is 0 Å². The van der Waals surface area contributed by atoms with E-state index in [2.05, 4.69) is 36.2 Å². The third-order valence-corrected chi connectivity index (χ3v) is 5.50. The summed E-state index contributed by atoms with van der Waals surface area (Å²) >= 11 is 0. The number of rotatable bonds is 10. The third kappa shape index (κ3) is 7.38. The van der Waals surface area contributed by atoms with Crippen LogP contribution in [0.5, 0.6) is 11.5 Å². The van der Waals surface area contributed by atoms with E-state index < -0.39 is 16.9 Å². The highest BCUT2D eigenvalue weighted by atomic mass is 16.5. The summed E-state index contributed by atoms with van der Waals surface area (Å²) in [5.41, 5.74) is 0.691. The molecule has 3 heterocycles. The van der Waals surface area contributed by atoms with Gasteiger partial charge in [0.25, 0.3) is 5.56 Å². The summed E-state index contributed by atoms with van der Waals surface area (Å²) in [4.78, 5) is 49.7. The summed E-state index contributed by atoms with van der Waals surface area (Å²) in [5.74, 6) is 4.44. The largest absolute Gasteiger partial charge is 0.487 e. The Morgan fingerprint density at radius 1 is 0.854 bits per heavy atom. The van der Waals surface area contributed by atoms with E-state index in [0.717, 1.165) is 22.2 Å². The highest BCUT2D eigenvalue weighted by Gasteiger charge is 2.13. The third-order valence-electron chi connectivity index (χ3n) is 5.50. The maximum atomic E-state index is 10.9. The van der Waals surface area contributed by atoms with E-state index in [4.69, 9.17) is 25.4 Å². The summed E-state index contributed by atoms with van der Waals surface area (Å²) in [7, 11) is 3.25. The van der Waals surface area contributed by atoms with Crippen LogP contribution < -0.4 is 31.7 Å². The van der Waals surface area contributed by atoms with Gasteiger partial charge in [-0.3, -0.25) is 24.7 Å². The normalized spacial score (nSPS) is 10.6. The fourth-order valence-corrected chi connectivity index (χ4v) is 3.64. The Morgan fingerprint density at radius 3 is 2.22 bits per heavy atom. The molecule has 5 rings (SSSR count). The minimum absolute atomic E-state index is 0.0413. The number of fused-ring (bicyclic) bond motifs is 2. The van der Waals surface area contributed by atoms with Crippen LogP contribution in [0.25, 0.3) is 22.1 Å². The van der Waals surface area contributed by atoms with Crippen molar-refractivity contribution in [2.45, 2.75) is 0 Å². The highest BCUT2D eigenvalue weighted by molar-refractivity contribution is 5.93. The SMILES string of the molecule is C#Cc1cccc(Nc2ncnc3cc(OCCOC)c(OCCOC)cc23)c1.O=c1[nH]c(=O)c2[nH]c(=O)[nH]c2[nH]1. The molecule has 5 N–H and O–H groups in total. The number of nitrogens with one attached hydrogen (secondary N) is 5. The summed E-state index contributed by atoms with van der Waals surface area (Å²) in [6.45, 7) is 1.73. The molecule has 0 bridgehead atoms. The van der Waals surface area contributed by atoms with Crippen molar-refractivity contribution in [2.75, 3.05) is 46.0 Å². The molecule has 14 heteroatoms. The van der Waals surface area contributed by atoms with Crippen LogP contribution in [-0.2, 0) is 9.47 Å². The zero-order chi connectivity index (χ0) is 29.2. The molecule has 0 saturated carbocycles.